The third-order valence-electron chi connectivity index (χ3n) is 2.38. The maximum atomic E-state index is 12.0. The highest BCUT2D eigenvalue weighted by Gasteiger charge is 2.21. The SMILES string of the molecule is C=CCCOCCNS(=O)(=O)c1cc(C(=O)O)sc1C. The lowest BCUT2D eigenvalue weighted by atomic mass is 10.4. The van der Waals surface area contributed by atoms with Gasteiger partial charge in [0.2, 0.25) is 10.0 Å². The second-order valence-corrected chi connectivity index (χ2v) is 6.92. The Bertz CT molecular complexity index is 577. The van der Waals surface area contributed by atoms with Crippen molar-refractivity contribution >= 4 is 27.3 Å². The standard InChI is InChI=1S/C12H17NO5S2/c1-3-4-6-18-7-5-13-20(16,17)11-8-10(12(14)15)19-9(11)2/h3,8,13H,1,4-7H2,2H3,(H,14,15). The Morgan fingerprint density at radius 3 is 2.80 bits per heavy atom. The Balaban J connectivity index is 2.60. The quantitative estimate of drug-likeness (QED) is 0.533. The fraction of sp³-hybridized carbons (Fsp3) is 0.417. The smallest absolute Gasteiger partial charge is 0.345 e. The lowest BCUT2D eigenvalue weighted by molar-refractivity contribution is 0.0702. The van der Waals surface area contributed by atoms with E-state index < -0.39 is 16.0 Å². The van der Waals surface area contributed by atoms with Crippen LogP contribution in [0, 0.1) is 6.92 Å². The second kappa shape index (κ2) is 7.53. The molecule has 0 saturated carbocycles. The molecule has 1 aromatic heterocycles. The first kappa shape index (κ1) is 16.8. The van der Waals surface area contributed by atoms with Gasteiger partial charge in [-0.15, -0.1) is 17.9 Å². The number of sulfonamides is 1. The van der Waals surface area contributed by atoms with Gasteiger partial charge in [0, 0.05) is 11.4 Å². The van der Waals surface area contributed by atoms with Crippen molar-refractivity contribution < 1.29 is 23.1 Å². The van der Waals surface area contributed by atoms with Gasteiger partial charge in [-0.05, 0) is 19.4 Å². The third-order valence-corrected chi connectivity index (χ3v) is 5.13. The highest BCUT2D eigenvalue weighted by atomic mass is 32.2. The Hall–Kier alpha value is -1.22. The molecule has 2 N–H and O–H groups in total. The number of carboxylic acid groups (broad SMARTS) is 1. The molecular formula is C12H17NO5S2. The van der Waals surface area contributed by atoms with Crippen molar-refractivity contribution in [2.45, 2.75) is 18.2 Å². The Kier molecular flexibility index (Phi) is 6.34. The molecule has 0 amide bonds. The molecule has 0 aliphatic heterocycles. The predicted molar refractivity (Wildman–Crippen MR) is 76.8 cm³/mol. The predicted octanol–water partition coefficient (Wildman–Crippen LogP) is 1.63. The number of nitrogens with one attached hydrogen (secondary N) is 1. The van der Waals surface area contributed by atoms with Crippen LogP contribution < -0.4 is 4.72 Å². The van der Waals surface area contributed by atoms with E-state index in [0.717, 1.165) is 11.3 Å². The van der Waals surface area contributed by atoms with Gasteiger partial charge in [0.15, 0.2) is 0 Å². The molecule has 0 aromatic carbocycles. The summed E-state index contributed by atoms with van der Waals surface area (Å²) in [6.07, 6.45) is 2.42. The number of rotatable bonds is 9. The Morgan fingerprint density at radius 1 is 1.55 bits per heavy atom. The van der Waals surface area contributed by atoms with Gasteiger partial charge in [-0.25, -0.2) is 17.9 Å². The van der Waals surface area contributed by atoms with Crippen molar-refractivity contribution in [3.05, 3.63) is 28.5 Å². The van der Waals surface area contributed by atoms with Gasteiger partial charge in [0.25, 0.3) is 0 Å². The van der Waals surface area contributed by atoms with Crippen LogP contribution in [-0.2, 0) is 14.8 Å². The summed E-state index contributed by atoms with van der Waals surface area (Å²) in [6.45, 7) is 6.00. The lowest BCUT2D eigenvalue weighted by Gasteiger charge is -2.06. The van der Waals surface area contributed by atoms with Crippen LogP contribution in [0.3, 0.4) is 0 Å². The highest BCUT2D eigenvalue weighted by Crippen LogP contribution is 2.25. The van der Waals surface area contributed by atoms with Crippen molar-refractivity contribution in [1.29, 1.82) is 0 Å². The summed E-state index contributed by atoms with van der Waals surface area (Å²) in [4.78, 5) is 11.3. The average Bonchev–Trinajstić information content (AvgIpc) is 2.77. The number of hydrogen-bond donors (Lipinski definition) is 2. The summed E-state index contributed by atoms with van der Waals surface area (Å²) >= 11 is 0.939. The average molecular weight is 319 g/mol. The summed E-state index contributed by atoms with van der Waals surface area (Å²) in [5, 5.41) is 8.85. The van der Waals surface area contributed by atoms with Crippen LogP contribution in [0.5, 0.6) is 0 Å². The summed E-state index contributed by atoms with van der Waals surface area (Å²) in [5.74, 6) is -1.13. The van der Waals surface area contributed by atoms with Crippen LogP contribution in [0.15, 0.2) is 23.6 Å². The number of thiophene rings is 1. The third kappa shape index (κ3) is 4.71. The summed E-state index contributed by atoms with van der Waals surface area (Å²) < 4.78 is 31.6. The zero-order valence-corrected chi connectivity index (χ0v) is 12.7. The minimum atomic E-state index is -3.70. The van der Waals surface area contributed by atoms with E-state index in [9.17, 15) is 13.2 Å². The largest absolute Gasteiger partial charge is 0.477 e. The molecule has 0 aliphatic carbocycles. The number of ether oxygens (including phenoxy) is 1. The molecule has 0 atom stereocenters. The van der Waals surface area contributed by atoms with Gasteiger partial charge in [0.05, 0.1) is 18.1 Å². The number of hydrogen-bond acceptors (Lipinski definition) is 5. The number of carboxylic acids is 1. The normalized spacial score (nSPS) is 11.4. The lowest BCUT2D eigenvalue weighted by Crippen LogP contribution is -2.27. The molecule has 0 radical (unpaired) electrons. The van der Waals surface area contributed by atoms with Gasteiger partial charge >= 0.3 is 5.97 Å². The molecule has 0 unspecified atom stereocenters. The first-order valence-electron chi connectivity index (χ1n) is 5.90. The maximum absolute atomic E-state index is 12.0. The minimum absolute atomic E-state index is 0.00473. The fourth-order valence-electron chi connectivity index (χ4n) is 1.43. The molecular weight excluding hydrogens is 302 g/mol. The summed E-state index contributed by atoms with van der Waals surface area (Å²) in [7, 11) is -3.70. The molecule has 8 heteroatoms. The minimum Gasteiger partial charge on any atom is -0.477 e. The highest BCUT2D eigenvalue weighted by molar-refractivity contribution is 7.89. The molecule has 1 heterocycles. The zero-order valence-electron chi connectivity index (χ0n) is 11.1. The Morgan fingerprint density at radius 2 is 2.25 bits per heavy atom. The van der Waals surface area contributed by atoms with Gasteiger partial charge < -0.3 is 9.84 Å². The van der Waals surface area contributed by atoms with Gasteiger partial charge in [0.1, 0.15) is 4.88 Å². The van der Waals surface area contributed by atoms with E-state index in [0.29, 0.717) is 17.9 Å². The molecule has 0 spiro atoms. The monoisotopic (exact) mass is 319 g/mol. The van der Waals surface area contributed by atoms with E-state index in [1.165, 1.54) is 6.07 Å². The van der Waals surface area contributed by atoms with Crippen molar-refractivity contribution in [3.63, 3.8) is 0 Å². The van der Waals surface area contributed by atoms with E-state index >= 15 is 0 Å². The van der Waals surface area contributed by atoms with E-state index in [-0.39, 0.29) is 22.9 Å². The maximum Gasteiger partial charge on any atom is 0.345 e. The number of carbonyl (C=O) groups is 1. The summed E-state index contributed by atoms with van der Waals surface area (Å²) in [6, 6.07) is 1.17. The van der Waals surface area contributed by atoms with E-state index in [4.69, 9.17) is 9.84 Å². The number of aryl methyl sites for hydroxylation is 1. The van der Waals surface area contributed by atoms with Crippen LogP contribution in [0.25, 0.3) is 0 Å². The van der Waals surface area contributed by atoms with E-state index in [2.05, 4.69) is 11.3 Å². The van der Waals surface area contributed by atoms with Crippen LogP contribution in [0.2, 0.25) is 0 Å². The molecule has 1 rings (SSSR count). The van der Waals surface area contributed by atoms with Crippen LogP contribution >= 0.6 is 11.3 Å². The molecule has 20 heavy (non-hydrogen) atoms. The molecule has 0 fully saturated rings. The van der Waals surface area contributed by atoms with Gasteiger partial charge in [-0.2, -0.15) is 0 Å². The first-order valence-corrected chi connectivity index (χ1v) is 8.20. The topological polar surface area (TPSA) is 92.7 Å². The van der Waals surface area contributed by atoms with Crippen molar-refractivity contribution in [1.82, 2.24) is 4.72 Å². The van der Waals surface area contributed by atoms with Crippen molar-refractivity contribution in [2.75, 3.05) is 19.8 Å². The van der Waals surface area contributed by atoms with Crippen LogP contribution in [-0.4, -0.2) is 39.3 Å². The van der Waals surface area contributed by atoms with Crippen LogP contribution in [0.4, 0.5) is 0 Å². The fourth-order valence-corrected chi connectivity index (χ4v) is 3.87. The Labute approximate surface area is 122 Å². The van der Waals surface area contributed by atoms with E-state index in [1.54, 1.807) is 13.0 Å². The molecule has 0 bridgehead atoms. The molecule has 112 valence electrons. The summed E-state index contributed by atoms with van der Waals surface area (Å²) in [5.41, 5.74) is 0. The van der Waals surface area contributed by atoms with Gasteiger partial charge in [-0.3, -0.25) is 0 Å². The number of aromatic carboxylic acids is 1. The molecule has 6 nitrogen and oxygen atoms in total. The van der Waals surface area contributed by atoms with E-state index in [1.807, 2.05) is 0 Å². The van der Waals surface area contributed by atoms with Crippen LogP contribution in [0.1, 0.15) is 21.0 Å². The molecule has 1 aromatic rings. The molecule has 0 aliphatic rings. The zero-order chi connectivity index (χ0) is 15.2. The van der Waals surface area contributed by atoms with Crippen molar-refractivity contribution in [3.8, 4) is 0 Å². The first-order chi connectivity index (χ1) is 9.38. The second-order valence-electron chi connectivity index (χ2n) is 3.92. The molecule has 0 saturated heterocycles. The van der Waals surface area contributed by atoms with Crippen molar-refractivity contribution in [2.24, 2.45) is 0 Å². The van der Waals surface area contributed by atoms with Gasteiger partial charge in [-0.1, -0.05) is 6.08 Å².